The lowest BCUT2D eigenvalue weighted by atomic mass is 9.83. The third-order valence-electron chi connectivity index (χ3n) is 5.91. The lowest BCUT2D eigenvalue weighted by Crippen LogP contribution is -2.21. The van der Waals surface area contributed by atoms with E-state index in [1.807, 2.05) is 42.5 Å². The highest BCUT2D eigenvalue weighted by molar-refractivity contribution is 6.42. The number of esters is 1. The molecule has 4 aromatic rings. The Bertz CT molecular complexity index is 1550. The molecule has 1 aliphatic heterocycles. The summed E-state index contributed by atoms with van der Waals surface area (Å²) >= 11 is 12.3. The second-order valence-corrected chi connectivity index (χ2v) is 8.90. The molecule has 172 valence electrons. The van der Waals surface area contributed by atoms with E-state index in [0.29, 0.717) is 27.1 Å². The fraction of sp³-hybridized carbons (Fsp3) is 0.0714. The molecule has 0 bridgehead atoms. The summed E-state index contributed by atoms with van der Waals surface area (Å²) in [6.07, 6.45) is 0.117. The minimum atomic E-state index is -0.501. The van der Waals surface area contributed by atoms with Gasteiger partial charge in [-0.05, 0) is 40.1 Å². The molecule has 0 aromatic heterocycles. The van der Waals surface area contributed by atoms with Crippen molar-refractivity contribution < 1.29 is 14.3 Å². The van der Waals surface area contributed by atoms with Gasteiger partial charge in [0.2, 0.25) is 5.88 Å². The van der Waals surface area contributed by atoms with Crippen LogP contribution in [0.3, 0.4) is 0 Å². The van der Waals surface area contributed by atoms with Gasteiger partial charge in [-0.25, -0.2) is 0 Å². The number of halogens is 2. The number of carbonyl (C=O) groups is 1. The van der Waals surface area contributed by atoms with Crippen molar-refractivity contribution in [2.75, 3.05) is 0 Å². The van der Waals surface area contributed by atoms with Crippen LogP contribution in [0.25, 0.3) is 10.8 Å². The minimum absolute atomic E-state index is 0.0182. The SMILES string of the molecule is N#CC1=C(N)Oc2cc(OC(=O)Cc3cccc4ccccc34)ccc2C1c1ccc(Cl)c(Cl)c1. The van der Waals surface area contributed by atoms with Gasteiger partial charge in [0.05, 0.1) is 22.4 Å². The van der Waals surface area contributed by atoms with E-state index < -0.39 is 11.9 Å². The van der Waals surface area contributed by atoms with E-state index in [4.69, 9.17) is 38.4 Å². The lowest BCUT2D eigenvalue weighted by Gasteiger charge is -2.27. The number of carbonyl (C=O) groups excluding carboxylic acids is 1. The van der Waals surface area contributed by atoms with Crippen molar-refractivity contribution in [3.05, 3.63) is 117 Å². The molecule has 0 saturated carbocycles. The molecule has 0 saturated heterocycles. The first-order valence-corrected chi connectivity index (χ1v) is 11.5. The van der Waals surface area contributed by atoms with Gasteiger partial charge in [-0.2, -0.15) is 5.26 Å². The highest BCUT2D eigenvalue weighted by atomic mass is 35.5. The summed E-state index contributed by atoms with van der Waals surface area (Å²) in [6.45, 7) is 0. The van der Waals surface area contributed by atoms with Crippen LogP contribution in [0.5, 0.6) is 11.5 Å². The van der Waals surface area contributed by atoms with E-state index in [2.05, 4.69) is 6.07 Å². The number of ether oxygens (including phenoxy) is 2. The first kappa shape index (κ1) is 22.8. The average molecular weight is 501 g/mol. The topological polar surface area (TPSA) is 85.3 Å². The Hall–Kier alpha value is -3.98. The van der Waals surface area contributed by atoms with Crippen molar-refractivity contribution in [1.29, 1.82) is 5.26 Å². The molecule has 7 heteroatoms. The van der Waals surface area contributed by atoms with Crippen LogP contribution in [0.15, 0.2) is 90.3 Å². The van der Waals surface area contributed by atoms with Gasteiger partial charge in [-0.3, -0.25) is 4.79 Å². The van der Waals surface area contributed by atoms with Gasteiger partial charge < -0.3 is 15.2 Å². The summed E-state index contributed by atoms with van der Waals surface area (Å²) in [5, 5.41) is 12.6. The van der Waals surface area contributed by atoms with E-state index in [1.54, 1.807) is 36.4 Å². The zero-order valence-electron chi connectivity index (χ0n) is 18.3. The maximum atomic E-state index is 12.7. The molecule has 0 aliphatic carbocycles. The Morgan fingerprint density at radius 1 is 1.00 bits per heavy atom. The smallest absolute Gasteiger partial charge is 0.315 e. The normalized spacial score (nSPS) is 14.7. The van der Waals surface area contributed by atoms with Gasteiger partial charge in [0.15, 0.2) is 0 Å². The maximum absolute atomic E-state index is 12.7. The van der Waals surface area contributed by atoms with Crippen molar-refractivity contribution >= 4 is 39.9 Å². The van der Waals surface area contributed by atoms with Crippen molar-refractivity contribution in [3.63, 3.8) is 0 Å². The number of nitrogens with two attached hydrogens (primary N) is 1. The highest BCUT2D eigenvalue weighted by Crippen LogP contribution is 2.44. The quantitative estimate of drug-likeness (QED) is 0.255. The molecule has 35 heavy (non-hydrogen) atoms. The number of rotatable bonds is 4. The molecule has 0 radical (unpaired) electrons. The number of hydrogen-bond donors (Lipinski definition) is 1. The fourth-order valence-corrected chi connectivity index (χ4v) is 4.61. The number of benzene rings is 4. The molecule has 0 amide bonds. The Morgan fingerprint density at radius 3 is 2.60 bits per heavy atom. The Balaban J connectivity index is 1.43. The first-order chi connectivity index (χ1) is 16.9. The molecular weight excluding hydrogens is 483 g/mol. The van der Waals surface area contributed by atoms with Gasteiger partial charge in [0.1, 0.15) is 23.1 Å². The van der Waals surface area contributed by atoms with Crippen LogP contribution < -0.4 is 15.2 Å². The Morgan fingerprint density at radius 2 is 1.80 bits per heavy atom. The third-order valence-corrected chi connectivity index (χ3v) is 6.65. The molecule has 2 N–H and O–H groups in total. The standard InChI is InChI=1S/C28H18Cl2N2O3/c29-23-11-8-18(12-24(23)30)27-21-10-9-19(14-25(21)35-28(32)22(27)15-31)34-26(33)13-17-6-3-5-16-4-1-2-7-20(16)17/h1-12,14,27H,13,32H2. The van der Waals surface area contributed by atoms with Crippen LogP contribution in [-0.4, -0.2) is 5.97 Å². The summed E-state index contributed by atoms with van der Waals surface area (Å²) in [6, 6.07) is 26.0. The van der Waals surface area contributed by atoms with Crippen molar-refractivity contribution in [1.82, 2.24) is 0 Å². The second kappa shape index (κ2) is 9.34. The molecule has 0 fully saturated rings. The summed E-state index contributed by atoms with van der Waals surface area (Å²) in [7, 11) is 0. The van der Waals surface area contributed by atoms with Crippen LogP contribution in [0.1, 0.15) is 22.6 Å². The molecule has 1 atom stereocenters. The van der Waals surface area contributed by atoms with Gasteiger partial charge in [0, 0.05) is 11.6 Å². The number of allylic oxidation sites excluding steroid dienone is 1. The largest absolute Gasteiger partial charge is 0.440 e. The Labute approximate surface area is 211 Å². The van der Waals surface area contributed by atoms with E-state index in [0.717, 1.165) is 21.9 Å². The van der Waals surface area contributed by atoms with Crippen molar-refractivity contribution in [2.24, 2.45) is 5.73 Å². The molecule has 4 aromatic carbocycles. The Kier molecular flexibility index (Phi) is 6.08. The summed E-state index contributed by atoms with van der Waals surface area (Å²) in [5.41, 5.74) is 8.65. The molecule has 1 aliphatic rings. The minimum Gasteiger partial charge on any atom is -0.440 e. The van der Waals surface area contributed by atoms with E-state index in [-0.39, 0.29) is 17.9 Å². The van der Waals surface area contributed by atoms with Crippen LogP contribution in [0.4, 0.5) is 0 Å². The molecule has 1 unspecified atom stereocenters. The van der Waals surface area contributed by atoms with E-state index in [9.17, 15) is 10.1 Å². The molecule has 5 rings (SSSR count). The maximum Gasteiger partial charge on any atom is 0.315 e. The van der Waals surface area contributed by atoms with Crippen LogP contribution in [0, 0.1) is 11.3 Å². The molecule has 5 nitrogen and oxygen atoms in total. The van der Waals surface area contributed by atoms with E-state index >= 15 is 0 Å². The first-order valence-electron chi connectivity index (χ1n) is 10.8. The van der Waals surface area contributed by atoms with Crippen molar-refractivity contribution in [2.45, 2.75) is 12.3 Å². The number of nitrogens with zero attached hydrogens (tertiary/aromatic N) is 1. The number of nitriles is 1. The monoisotopic (exact) mass is 500 g/mol. The van der Waals surface area contributed by atoms with Gasteiger partial charge in [-0.1, -0.05) is 77.8 Å². The highest BCUT2D eigenvalue weighted by Gasteiger charge is 2.31. The van der Waals surface area contributed by atoms with Crippen LogP contribution in [0.2, 0.25) is 10.0 Å². The zero-order chi connectivity index (χ0) is 24.5. The molecular formula is C28H18Cl2N2O3. The van der Waals surface area contributed by atoms with Gasteiger partial charge in [-0.15, -0.1) is 0 Å². The third kappa shape index (κ3) is 4.42. The van der Waals surface area contributed by atoms with Crippen LogP contribution in [-0.2, 0) is 11.2 Å². The van der Waals surface area contributed by atoms with Crippen molar-refractivity contribution in [3.8, 4) is 17.6 Å². The fourth-order valence-electron chi connectivity index (χ4n) is 4.30. The zero-order valence-corrected chi connectivity index (χ0v) is 19.8. The molecule has 0 spiro atoms. The summed E-state index contributed by atoms with van der Waals surface area (Å²) < 4.78 is 11.3. The molecule has 1 heterocycles. The second-order valence-electron chi connectivity index (χ2n) is 8.09. The van der Waals surface area contributed by atoms with Gasteiger partial charge >= 0.3 is 5.97 Å². The predicted octanol–water partition coefficient (Wildman–Crippen LogP) is 6.51. The van der Waals surface area contributed by atoms with E-state index in [1.165, 1.54) is 0 Å². The number of fused-ring (bicyclic) bond motifs is 2. The van der Waals surface area contributed by atoms with Gasteiger partial charge in [0.25, 0.3) is 0 Å². The van der Waals surface area contributed by atoms with Crippen LogP contribution >= 0.6 is 23.2 Å². The lowest BCUT2D eigenvalue weighted by molar-refractivity contribution is -0.133. The summed E-state index contributed by atoms with van der Waals surface area (Å²) in [5.74, 6) is -0.211. The average Bonchev–Trinajstić information content (AvgIpc) is 2.85. The summed E-state index contributed by atoms with van der Waals surface area (Å²) in [4.78, 5) is 12.7. The number of hydrogen-bond acceptors (Lipinski definition) is 5. The predicted molar refractivity (Wildman–Crippen MR) is 135 cm³/mol.